The van der Waals surface area contributed by atoms with E-state index in [2.05, 4.69) is 22.3 Å². The molecule has 1 heterocycles. The first-order valence-corrected chi connectivity index (χ1v) is 7.30. The van der Waals surface area contributed by atoms with Crippen LogP contribution in [0.15, 0.2) is 48.5 Å². The van der Waals surface area contributed by atoms with E-state index in [1.165, 1.54) is 11.8 Å². The number of nitrogens with one attached hydrogen (secondary N) is 1. The Morgan fingerprint density at radius 2 is 1.90 bits per heavy atom. The van der Waals surface area contributed by atoms with Crippen molar-refractivity contribution in [2.75, 3.05) is 36.5 Å². The third kappa shape index (κ3) is 3.27. The Hall–Kier alpha value is -2.23. The van der Waals surface area contributed by atoms with Crippen molar-refractivity contribution in [1.29, 1.82) is 0 Å². The van der Waals surface area contributed by atoms with E-state index in [1.807, 2.05) is 12.1 Å². The van der Waals surface area contributed by atoms with Crippen LogP contribution in [-0.4, -0.2) is 26.2 Å². The second-order valence-corrected chi connectivity index (χ2v) is 5.06. The molecule has 3 rings (SSSR count). The molecule has 0 fully saturated rings. The molecule has 0 aliphatic carbocycles. The van der Waals surface area contributed by atoms with Crippen molar-refractivity contribution in [3.8, 4) is 5.75 Å². The van der Waals surface area contributed by atoms with Gasteiger partial charge in [-0.05, 0) is 30.7 Å². The lowest BCUT2D eigenvalue weighted by atomic mass is 10.2. The number of rotatable bonds is 4. The smallest absolute Gasteiger partial charge is 0.165 e. The summed E-state index contributed by atoms with van der Waals surface area (Å²) in [4.78, 5) is 2.29. The summed E-state index contributed by atoms with van der Waals surface area (Å²) in [6.07, 6.45) is 1.08. The van der Waals surface area contributed by atoms with Crippen LogP contribution in [0, 0.1) is 5.82 Å². The fraction of sp³-hybridized carbons (Fsp3) is 0.294. The van der Waals surface area contributed by atoms with Crippen molar-refractivity contribution in [3.05, 3.63) is 54.3 Å². The first kappa shape index (κ1) is 13.7. The molecule has 0 amide bonds. The Kier molecular flexibility index (Phi) is 4.24. The van der Waals surface area contributed by atoms with E-state index in [0.717, 1.165) is 31.7 Å². The molecule has 3 nitrogen and oxygen atoms in total. The fourth-order valence-corrected chi connectivity index (χ4v) is 2.57. The molecule has 0 atom stereocenters. The highest BCUT2D eigenvalue weighted by atomic mass is 19.1. The number of fused-ring (bicyclic) bond motifs is 1. The predicted molar refractivity (Wildman–Crippen MR) is 83.7 cm³/mol. The number of nitrogens with zero attached hydrogens (tertiary/aromatic N) is 1. The zero-order valence-corrected chi connectivity index (χ0v) is 11.9. The summed E-state index contributed by atoms with van der Waals surface area (Å²) in [5.41, 5.74) is 2.34. The minimum Gasteiger partial charge on any atom is -0.489 e. The van der Waals surface area contributed by atoms with E-state index in [9.17, 15) is 4.39 Å². The highest BCUT2D eigenvalue weighted by molar-refractivity contribution is 5.70. The average molecular weight is 286 g/mol. The lowest BCUT2D eigenvalue weighted by Gasteiger charge is -2.24. The van der Waals surface area contributed by atoms with E-state index in [4.69, 9.17) is 4.74 Å². The van der Waals surface area contributed by atoms with E-state index in [0.29, 0.717) is 12.4 Å². The predicted octanol–water partition coefficient (Wildman–Crippen LogP) is 3.53. The van der Waals surface area contributed by atoms with Crippen LogP contribution in [0.25, 0.3) is 0 Å². The molecule has 0 aromatic heterocycles. The summed E-state index contributed by atoms with van der Waals surface area (Å²) >= 11 is 0. The highest BCUT2D eigenvalue weighted by Crippen LogP contribution is 2.27. The molecule has 0 saturated carbocycles. The molecule has 1 N–H and O–H groups in total. The summed E-state index contributed by atoms with van der Waals surface area (Å²) in [6, 6.07) is 14.8. The number of hydrogen-bond donors (Lipinski definition) is 1. The van der Waals surface area contributed by atoms with E-state index < -0.39 is 0 Å². The summed E-state index contributed by atoms with van der Waals surface area (Å²) in [5.74, 6) is 0.00849. The van der Waals surface area contributed by atoms with Gasteiger partial charge in [0.1, 0.15) is 6.61 Å². The van der Waals surface area contributed by atoms with Gasteiger partial charge >= 0.3 is 0 Å². The van der Waals surface area contributed by atoms with Crippen molar-refractivity contribution in [3.63, 3.8) is 0 Å². The second-order valence-electron chi connectivity index (χ2n) is 5.06. The van der Waals surface area contributed by atoms with Gasteiger partial charge in [0.2, 0.25) is 0 Å². The van der Waals surface area contributed by atoms with Crippen LogP contribution in [0.3, 0.4) is 0 Å². The third-order valence-corrected chi connectivity index (χ3v) is 3.62. The minimum atomic E-state index is -0.310. The summed E-state index contributed by atoms with van der Waals surface area (Å²) < 4.78 is 19.1. The zero-order chi connectivity index (χ0) is 14.5. The van der Waals surface area contributed by atoms with Gasteiger partial charge in [-0.15, -0.1) is 0 Å². The lowest BCUT2D eigenvalue weighted by Crippen LogP contribution is -2.29. The maximum absolute atomic E-state index is 13.5. The number of ether oxygens (including phenoxy) is 1. The monoisotopic (exact) mass is 286 g/mol. The standard InChI is InChI=1S/C17H19FN2O/c18-14-6-1-4-9-17(14)21-13-12-20-11-5-10-19-15-7-2-3-8-16(15)20/h1-4,6-9,19H,5,10-13H2. The van der Waals surface area contributed by atoms with Gasteiger partial charge in [0, 0.05) is 13.1 Å². The molecule has 110 valence electrons. The number of halogens is 1. The molecule has 21 heavy (non-hydrogen) atoms. The minimum absolute atomic E-state index is 0.310. The lowest BCUT2D eigenvalue weighted by molar-refractivity contribution is 0.307. The van der Waals surface area contributed by atoms with Crippen molar-refractivity contribution < 1.29 is 9.13 Å². The molecule has 2 aromatic rings. The molecule has 1 aliphatic heterocycles. The molecule has 0 radical (unpaired) electrons. The van der Waals surface area contributed by atoms with Gasteiger partial charge in [-0.2, -0.15) is 0 Å². The van der Waals surface area contributed by atoms with Gasteiger partial charge in [0.15, 0.2) is 11.6 Å². The third-order valence-electron chi connectivity index (χ3n) is 3.62. The normalized spacial score (nSPS) is 14.0. The Morgan fingerprint density at radius 1 is 1.10 bits per heavy atom. The quantitative estimate of drug-likeness (QED) is 0.930. The Bertz CT molecular complexity index is 603. The molecule has 0 unspecified atom stereocenters. The van der Waals surface area contributed by atoms with Gasteiger partial charge in [0.05, 0.1) is 17.9 Å². The molecule has 2 aromatic carbocycles. The SMILES string of the molecule is Fc1ccccc1OCCN1CCCNc2ccccc21. The first-order chi connectivity index (χ1) is 10.3. The summed E-state index contributed by atoms with van der Waals surface area (Å²) in [5, 5.41) is 3.43. The second kappa shape index (κ2) is 6.48. The summed E-state index contributed by atoms with van der Waals surface area (Å²) in [7, 11) is 0. The molecular formula is C17H19FN2O. The van der Waals surface area contributed by atoms with Crippen LogP contribution in [0.5, 0.6) is 5.75 Å². The number of benzene rings is 2. The van der Waals surface area contributed by atoms with Gasteiger partial charge in [-0.1, -0.05) is 24.3 Å². The largest absolute Gasteiger partial charge is 0.489 e. The van der Waals surface area contributed by atoms with Crippen molar-refractivity contribution in [2.45, 2.75) is 6.42 Å². The number of para-hydroxylation sites is 3. The van der Waals surface area contributed by atoms with Crippen LogP contribution in [-0.2, 0) is 0 Å². The average Bonchev–Trinajstić information content (AvgIpc) is 2.72. The highest BCUT2D eigenvalue weighted by Gasteiger charge is 2.14. The maximum atomic E-state index is 13.5. The Balaban J connectivity index is 1.64. The zero-order valence-electron chi connectivity index (χ0n) is 11.9. The van der Waals surface area contributed by atoms with Crippen LogP contribution in [0.4, 0.5) is 15.8 Å². The van der Waals surface area contributed by atoms with Gasteiger partial charge in [-0.3, -0.25) is 0 Å². The van der Waals surface area contributed by atoms with Crippen LogP contribution >= 0.6 is 0 Å². The van der Waals surface area contributed by atoms with Crippen LogP contribution < -0.4 is 15.0 Å². The van der Waals surface area contributed by atoms with Gasteiger partial charge < -0.3 is 15.0 Å². The number of hydrogen-bond acceptors (Lipinski definition) is 3. The molecular weight excluding hydrogens is 267 g/mol. The fourth-order valence-electron chi connectivity index (χ4n) is 2.57. The summed E-state index contributed by atoms with van der Waals surface area (Å²) in [6.45, 7) is 3.16. The molecule has 0 spiro atoms. The molecule has 4 heteroatoms. The van der Waals surface area contributed by atoms with Crippen LogP contribution in [0.1, 0.15) is 6.42 Å². The van der Waals surface area contributed by atoms with Crippen molar-refractivity contribution >= 4 is 11.4 Å². The van der Waals surface area contributed by atoms with Crippen LogP contribution in [0.2, 0.25) is 0 Å². The Labute approximate surface area is 124 Å². The maximum Gasteiger partial charge on any atom is 0.165 e. The molecule has 0 bridgehead atoms. The van der Waals surface area contributed by atoms with Crippen molar-refractivity contribution in [1.82, 2.24) is 0 Å². The van der Waals surface area contributed by atoms with E-state index >= 15 is 0 Å². The number of anilines is 2. The first-order valence-electron chi connectivity index (χ1n) is 7.30. The topological polar surface area (TPSA) is 24.5 Å². The van der Waals surface area contributed by atoms with Gasteiger partial charge in [-0.25, -0.2) is 4.39 Å². The van der Waals surface area contributed by atoms with Crippen molar-refractivity contribution in [2.24, 2.45) is 0 Å². The van der Waals surface area contributed by atoms with E-state index in [-0.39, 0.29) is 5.82 Å². The molecule has 1 aliphatic rings. The van der Waals surface area contributed by atoms with Gasteiger partial charge in [0.25, 0.3) is 0 Å². The molecule has 0 saturated heterocycles. The van der Waals surface area contributed by atoms with E-state index in [1.54, 1.807) is 18.2 Å². The Morgan fingerprint density at radius 3 is 2.81 bits per heavy atom.